The maximum Gasteiger partial charge on any atom is 0.240 e. The van der Waals surface area contributed by atoms with E-state index in [2.05, 4.69) is 14.8 Å². The highest BCUT2D eigenvalue weighted by Crippen LogP contribution is 2.27. The van der Waals surface area contributed by atoms with Gasteiger partial charge in [0, 0.05) is 18.7 Å². The molecule has 1 aromatic heterocycles. The van der Waals surface area contributed by atoms with Gasteiger partial charge >= 0.3 is 0 Å². The second-order valence-corrected chi connectivity index (χ2v) is 7.14. The number of carbonyl (C=O) groups excluding carboxylic acids is 1. The van der Waals surface area contributed by atoms with Gasteiger partial charge in [0.05, 0.1) is 12.6 Å². The first kappa shape index (κ1) is 16.3. The van der Waals surface area contributed by atoms with E-state index in [4.69, 9.17) is 5.73 Å². The van der Waals surface area contributed by atoms with Gasteiger partial charge in [-0.3, -0.25) is 4.79 Å². The van der Waals surface area contributed by atoms with E-state index in [0.29, 0.717) is 19.0 Å². The molecule has 1 atom stereocenters. The van der Waals surface area contributed by atoms with Crippen LogP contribution in [0.1, 0.15) is 37.9 Å². The highest BCUT2D eigenvalue weighted by molar-refractivity contribution is 5.82. The Bertz CT molecular complexity index is 736. The van der Waals surface area contributed by atoms with Gasteiger partial charge in [-0.15, -0.1) is 10.2 Å². The zero-order valence-electron chi connectivity index (χ0n) is 14.5. The molecule has 1 aliphatic carbocycles. The Hall–Kier alpha value is -2.21. The fourth-order valence-corrected chi connectivity index (χ4v) is 4.05. The summed E-state index contributed by atoms with van der Waals surface area (Å²) in [5.41, 5.74) is 7.36. The fraction of sp³-hybridized carbons (Fsp3) is 0.526. The first-order chi connectivity index (χ1) is 12.2. The van der Waals surface area contributed by atoms with Crippen molar-refractivity contribution in [3.05, 3.63) is 36.2 Å². The van der Waals surface area contributed by atoms with Crippen LogP contribution in [0, 0.1) is 5.92 Å². The normalized spacial score (nSPS) is 19.5. The molecule has 2 heterocycles. The van der Waals surface area contributed by atoms with Crippen molar-refractivity contribution < 1.29 is 4.79 Å². The molecule has 2 N–H and O–H groups in total. The molecule has 1 aliphatic heterocycles. The van der Waals surface area contributed by atoms with Crippen molar-refractivity contribution in [1.29, 1.82) is 0 Å². The summed E-state index contributed by atoms with van der Waals surface area (Å²) in [7, 11) is 0. The number of benzene rings is 1. The van der Waals surface area contributed by atoms with E-state index < -0.39 is 0 Å². The average Bonchev–Trinajstić information content (AvgIpc) is 3.11. The second-order valence-electron chi connectivity index (χ2n) is 7.14. The van der Waals surface area contributed by atoms with Crippen LogP contribution in [0.4, 0.5) is 0 Å². The second kappa shape index (κ2) is 6.96. The van der Waals surface area contributed by atoms with E-state index >= 15 is 0 Å². The minimum Gasteiger partial charge on any atom is -0.332 e. The van der Waals surface area contributed by atoms with E-state index in [1.807, 2.05) is 35.2 Å². The van der Waals surface area contributed by atoms with E-state index in [1.165, 1.54) is 19.3 Å². The van der Waals surface area contributed by atoms with Crippen LogP contribution in [-0.4, -0.2) is 38.2 Å². The Morgan fingerprint density at radius 2 is 1.84 bits per heavy atom. The SMILES string of the molecule is NC(C(=O)N1CCn2c(nnc2-c2ccccc2)C1)C1CCCCC1. The van der Waals surface area contributed by atoms with Gasteiger partial charge < -0.3 is 15.2 Å². The van der Waals surface area contributed by atoms with Gasteiger partial charge in [-0.05, 0) is 18.8 Å². The molecule has 4 rings (SSSR count). The van der Waals surface area contributed by atoms with Crippen molar-refractivity contribution in [2.24, 2.45) is 11.7 Å². The number of fused-ring (bicyclic) bond motifs is 1. The average molecular weight is 339 g/mol. The Morgan fingerprint density at radius 1 is 1.08 bits per heavy atom. The van der Waals surface area contributed by atoms with Crippen molar-refractivity contribution in [3.8, 4) is 11.4 Å². The number of aromatic nitrogens is 3. The summed E-state index contributed by atoms with van der Waals surface area (Å²) in [5.74, 6) is 2.12. The van der Waals surface area contributed by atoms with Crippen LogP contribution < -0.4 is 5.73 Å². The highest BCUT2D eigenvalue weighted by Gasteiger charge is 2.32. The van der Waals surface area contributed by atoms with Gasteiger partial charge in [-0.2, -0.15) is 0 Å². The number of amides is 1. The number of hydrogen-bond donors (Lipinski definition) is 1. The Morgan fingerprint density at radius 3 is 2.60 bits per heavy atom. The first-order valence-corrected chi connectivity index (χ1v) is 9.26. The number of hydrogen-bond acceptors (Lipinski definition) is 4. The van der Waals surface area contributed by atoms with Gasteiger partial charge in [0.2, 0.25) is 5.91 Å². The molecule has 1 fully saturated rings. The maximum atomic E-state index is 12.8. The standard InChI is InChI=1S/C19H25N5O/c20-17(14-7-3-1-4-8-14)19(25)23-11-12-24-16(13-23)21-22-18(24)15-9-5-2-6-10-15/h2,5-6,9-10,14,17H,1,3-4,7-8,11-13,20H2. The van der Waals surface area contributed by atoms with E-state index in [-0.39, 0.29) is 11.9 Å². The lowest BCUT2D eigenvalue weighted by atomic mass is 9.83. The molecular formula is C19H25N5O. The molecule has 1 saturated carbocycles. The van der Waals surface area contributed by atoms with Crippen molar-refractivity contribution in [2.45, 2.75) is 51.2 Å². The minimum atomic E-state index is -0.372. The molecule has 2 aliphatic rings. The van der Waals surface area contributed by atoms with Crippen molar-refractivity contribution >= 4 is 5.91 Å². The third-order valence-corrected chi connectivity index (χ3v) is 5.54. The summed E-state index contributed by atoms with van der Waals surface area (Å²) >= 11 is 0. The smallest absolute Gasteiger partial charge is 0.240 e. The van der Waals surface area contributed by atoms with E-state index in [9.17, 15) is 4.79 Å². The first-order valence-electron chi connectivity index (χ1n) is 9.26. The summed E-state index contributed by atoms with van der Waals surface area (Å²) in [6, 6.07) is 9.69. The third kappa shape index (κ3) is 3.18. The molecule has 132 valence electrons. The molecule has 0 bridgehead atoms. The van der Waals surface area contributed by atoms with Crippen molar-refractivity contribution in [1.82, 2.24) is 19.7 Å². The maximum absolute atomic E-state index is 12.8. The monoisotopic (exact) mass is 339 g/mol. The van der Waals surface area contributed by atoms with Crippen LogP contribution in [0.3, 0.4) is 0 Å². The van der Waals surface area contributed by atoms with Crippen LogP contribution in [0.2, 0.25) is 0 Å². The Balaban J connectivity index is 1.48. The molecular weight excluding hydrogens is 314 g/mol. The number of nitrogens with zero attached hydrogens (tertiary/aromatic N) is 4. The molecule has 0 radical (unpaired) electrons. The summed E-state index contributed by atoms with van der Waals surface area (Å²) in [6.07, 6.45) is 5.82. The fourth-order valence-electron chi connectivity index (χ4n) is 4.05. The summed E-state index contributed by atoms with van der Waals surface area (Å²) < 4.78 is 2.12. The molecule has 1 aromatic carbocycles. The zero-order valence-corrected chi connectivity index (χ0v) is 14.5. The lowest BCUT2D eigenvalue weighted by molar-refractivity contribution is -0.135. The molecule has 0 saturated heterocycles. The van der Waals surface area contributed by atoms with Crippen LogP contribution >= 0.6 is 0 Å². The molecule has 2 aromatic rings. The predicted molar refractivity (Wildman–Crippen MR) is 95.4 cm³/mol. The third-order valence-electron chi connectivity index (χ3n) is 5.54. The lowest BCUT2D eigenvalue weighted by Gasteiger charge is -2.33. The number of carbonyl (C=O) groups is 1. The van der Waals surface area contributed by atoms with E-state index in [0.717, 1.165) is 36.6 Å². The van der Waals surface area contributed by atoms with Gasteiger partial charge in [0.25, 0.3) is 0 Å². The number of rotatable bonds is 3. The van der Waals surface area contributed by atoms with Crippen LogP contribution in [-0.2, 0) is 17.9 Å². The lowest BCUT2D eigenvalue weighted by Crippen LogP contribution is -2.50. The summed E-state index contributed by atoms with van der Waals surface area (Å²) in [5, 5.41) is 8.66. The van der Waals surface area contributed by atoms with Crippen LogP contribution in [0.5, 0.6) is 0 Å². The van der Waals surface area contributed by atoms with E-state index in [1.54, 1.807) is 0 Å². The van der Waals surface area contributed by atoms with Gasteiger partial charge in [-0.25, -0.2) is 0 Å². The topological polar surface area (TPSA) is 77.0 Å². The van der Waals surface area contributed by atoms with Crippen LogP contribution in [0.25, 0.3) is 11.4 Å². The molecule has 0 spiro atoms. The van der Waals surface area contributed by atoms with Gasteiger partial charge in [0.1, 0.15) is 0 Å². The molecule has 1 amide bonds. The van der Waals surface area contributed by atoms with Gasteiger partial charge in [0.15, 0.2) is 11.6 Å². The largest absolute Gasteiger partial charge is 0.332 e. The molecule has 25 heavy (non-hydrogen) atoms. The highest BCUT2D eigenvalue weighted by atomic mass is 16.2. The zero-order chi connectivity index (χ0) is 17.2. The molecule has 1 unspecified atom stereocenters. The summed E-state index contributed by atoms with van der Waals surface area (Å²) in [6.45, 7) is 1.89. The van der Waals surface area contributed by atoms with Crippen molar-refractivity contribution in [2.75, 3.05) is 6.54 Å². The summed E-state index contributed by atoms with van der Waals surface area (Å²) in [4.78, 5) is 14.7. The Labute approximate surface area is 148 Å². The predicted octanol–water partition coefficient (Wildman–Crippen LogP) is 2.19. The quantitative estimate of drug-likeness (QED) is 0.930. The van der Waals surface area contributed by atoms with Crippen molar-refractivity contribution in [3.63, 3.8) is 0 Å². The number of nitrogens with two attached hydrogens (primary N) is 1. The molecule has 6 nitrogen and oxygen atoms in total. The Kier molecular flexibility index (Phi) is 4.53. The molecule has 6 heteroatoms. The minimum absolute atomic E-state index is 0.0717. The van der Waals surface area contributed by atoms with Crippen LogP contribution in [0.15, 0.2) is 30.3 Å². The van der Waals surface area contributed by atoms with Gasteiger partial charge in [-0.1, -0.05) is 49.6 Å².